The van der Waals surface area contributed by atoms with Gasteiger partial charge in [-0.05, 0) is 30.4 Å². The van der Waals surface area contributed by atoms with E-state index in [1.807, 2.05) is 18.2 Å². The molecule has 2 rings (SSSR count). The molecule has 1 saturated carbocycles. The van der Waals surface area contributed by atoms with Gasteiger partial charge >= 0.3 is 0 Å². The van der Waals surface area contributed by atoms with E-state index in [-0.39, 0.29) is 11.9 Å². The molecule has 0 aliphatic heterocycles. The van der Waals surface area contributed by atoms with Crippen molar-refractivity contribution in [3.05, 3.63) is 41.5 Å². The van der Waals surface area contributed by atoms with E-state index >= 15 is 0 Å². The van der Waals surface area contributed by atoms with Crippen LogP contribution in [0.15, 0.2) is 35.9 Å². The zero-order valence-corrected chi connectivity index (χ0v) is 9.57. The number of amides is 1. The van der Waals surface area contributed by atoms with Gasteiger partial charge in [0.05, 0.1) is 6.04 Å². The monoisotopic (exact) mass is 215 g/mol. The van der Waals surface area contributed by atoms with Gasteiger partial charge in [-0.1, -0.05) is 36.4 Å². The molecule has 1 amide bonds. The van der Waals surface area contributed by atoms with E-state index in [0.29, 0.717) is 0 Å². The zero-order valence-electron chi connectivity index (χ0n) is 9.57. The Hall–Kier alpha value is -1.57. The first-order valence-corrected chi connectivity index (χ1v) is 5.78. The maximum atomic E-state index is 11.1. The standard InChI is InChI=1S/C14H17NO/c1-11(16)15-14-9-5-8-13(14)10-12-6-3-2-4-7-12/h2-4,6-7,10,14H,5,8-9H2,1H3,(H,15,16)/b13-10-/t14-/m1/s1. The Kier molecular flexibility index (Phi) is 3.40. The van der Waals surface area contributed by atoms with Crippen molar-refractivity contribution < 1.29 is 4.79 Å². The van der Waals surface area contributed by atoms with Crippen LogP contribution in [0, 0.1) is 0 Å². The zero-order chi connectivity index (χ0) is 11.4. The minimum atomic E-state index is 0.0610. The lowest BCUT2D eigenvalue weighted by Crippen LogP contribution is -2.31. The van der Waals surface area contributed by atoms with Gasteiger partial charge in [0.25, 0.3) is 0 Å². The summed E-state index contributed by atoms with van der Waals surface area (Å²) in [4.78, 5) is 11.1. The third kappa shape index (κ3) is 2.72. The second-order valence-corrected chi connectivity index (χ2v) is 4.28. The van der Waals surface area contributed by atoms with E-state index < -0.39 is 0 Å². The summed E-state index contributed by atoms with van der Waals surface area (Å²) in [5.41, 5.74) is 2.57. The number of rotatable bonds is 2. The number of carbonyl (C=O) groups excluding carboxylic acids is 1. The Morgan fingerprint density at radius 3 is 2.81 bits per heavy atom. The largest absolute Gasteiger partial charge is 0.350 e. The predicted octanol–water partition coefficient (Wildman–Crippen LogP) is 2.76. The molecular weight excluding hydrogens is 198 g/mol. The molecular formula is C14H17NO. The third-order valence-corrected chi connectivity index (χ3v) is 2.93. The molecule has 2 nitrogen and oxygen atoms in total. The lowest BCUT2D eigenvalue weighted by molar-refractivity contribution is -0.119. The minimum absolute atomic E-state index is 0.0610. The fraction of sp³-hybridized carbons (Fsp3) is 0.357. The van der Waals surface area contributed by atoms with E-state index in [2.05, 4.69) is 23.5 Å². The Balaban J connectivity index is 2.13. The number of hydrogen-bond acceptors (Lipinski definition) is 1. The number of nitrogens with one attached hydrogen (secondary N) is 1. The molecule has 1 aromatic carbocycles. The number of carbonyl (C=O) groups is 1. The summed E-state index contributed by atoms with van der Waals surface area (Å²) in [6.07, 6.45) is 5.54. The highest BCUT2D eigenvalue weighted by Gasteiger charge is 2.21. The van der Waals surface area contributed by atoms with Gasteiger partial charge in [-0.3, -0.25) is 4.79 Å². The van der Waals surface area contributed by atoms with Gasteiger partial charge in [-0.15, -0.1) is 0 Å². The average Bonchev–Trinajstić information content (AvgIpc) is 2.66. The molecule has 0 unspecified atom stereocenters. The van der Waals surface area contributed by atoms with Crippen LogP contribution in [0.3, 0.4) is 0 Å². The third-order valence-electron chi connectivity index (χ3n) is 2.93. The van der Waals surface area contributed by atoms with Gasteiger partial charge in [-0.2, -0.15) is 0 Å². The van der Waals surface area contributed by atoms with Crippen LogP contribution in [-0.2, 0) is 4.79 Å². The summed E-state index contributed by atoms with van der Waals surface area (Å²) < 4.78 is 0. The van der Waals surface area contributed by atoms with Crippen molar-refractivity contribution in [2.45, 2.75) is 32.2 Å². The van der Waals surface area contributed by atoms with Crippen LogP contribution in [0.25, 0.3) is 6.08 Å². The fourth-order valence-corrected chi connectivity index (χ4v) is 2.22. The first-order valence-electron chi connectivity index (χ1n) is 5.78. The first-order chi connectivity index (χ1) is 7.75. The molecule has 2 heteroatoms. The quantitative estimate of drug-likeness (QED) is 0.807. The highest BCUT2D eigenvalue weighted by molar-refractivity contribution is 5.74. The Morgan fingerprint density at radius 1 is 1.38 bits per heavy atom. The second kappa shape index (κ2) is 4.97. The van der Waals surface area contributed by atoms with Crippen LogP contribution in [-0.4, -0.2) is 11.9 Å². The van der Waals surface area contributed by atoms with Crippen LogP contribution >= 0.6 is 0 Å². The Morgan fingerprint density at radius 2 is 2.12 bits per heavy atom. The van der Waals surface area contributed by atoms with E-state index in [1.54, 1.807) is 6.92 Å². The molecule has 16 heavy (non-hydrogen) atoms. The van der Waals surface area contributed by atoms with Gasteiger partial charge in [-0.25, -0.2) is 0 Å². The molecule has 1 aliphatic rings. The smallest absolute Gasteiger partial charge is 0.217 e. The predicted molar refractivity (Wildman–Crippen MR) is 65.9 cm³/mol. The minimum Gasteiger partial charge on any atom is -0.350 e. The molecule has 1 aliphatic carbocycles. The van der Waals surface area contributed by atoms with Crippen LogP contribution < -0.4 is 5.32 Å². The highest BCUT2D eigenvalue weighted by Crippen LogP contribution is 2.26. The number of benzene rings is 1. The van der Waals surface area contributed by atoms with Crippen molar-refractivity contribution in [1.29, 1.82) is 0 Å². The molecule has 1 N–H and O–H groups in total. The lowest BCUT2D eigenvalue weighted by Gasteiger charge is -2.12. The van der Waals surface area contributed by atoms with E-state index in [1.165, 1.54) is 17.6 Å². The molecule has 0 spiro atoms. The van der Waals surface area contributed by atoms with Gasteiger partial charge in [0.1, 0.15) is 0 Å². The van der Waals surface area contributed by atoms with Crippen molar-refractivity contribution in [3.63, 3.8) is 0 Å². The van der Waals surface area contributed by atoms with Gasteiger partial charge in [0.2, 0.25) is 5.91 Å². The molecule has 84 valence electrons. The van der Waals surface area contributed by atoms with Crippen LogP contribution in [0.4, 0.5) is 0 Å². The summed E-state index contributed by atoms with van der Waals surface area (Å²) in [7, 11) is 0. The molecule has 1 fully saturated rings. The second-order valence-electron chi connectivity index (χ2n) is 4.28. The summed E-state index contributed by atoms with van der Waals surface area (Å²) in [6.45, 7) is 1.58. The fourth-order valence-electron chi connectivity index (χ4n) is 2.22. The molecule has 1 aromatic rings. The molecule has 0 radical (unpaired) electrons. The summed E-state index contributed by atoms with van der Waals surface area (Å²) in [5.74, 6) is 0.0610. The van der Waals surface area contributed by atoms with Gasteiger partial charge in [0, 0.05) is 6.92 Å². The Bertz CT molecular complexity index is 394. The molecule has 0 bridgehead atoms. The molecule has 0 saturated heterocycles. The Labute approximate surface area is 96.4 Å². The van der Waals surface area contributed by atoms with Crippen molar-refractivity contribution in [2.75, 3.05) is 0 Å². The normalized spacial score (nSPS) is 22.3. The van der Waals surface area contributed by atoms with Gasteiger partial charge in [0.15, 0.2) is 0 Å². The van der Waals surface area contributed by atoms with Crippen LogP contribution in [0.2, 0.25) is 0 Å². The average molecular weight is 215 g/mol. The van der Waals surface area contributed by atoms with Crippen molar-refractivity contribution in [3.8, 4) is 0 Å². The summed E-state index contributed by atoms with van der Waals surface area (Å²) >= 11 is 0. The summed E-state index contributed by atoms with van der Waals surface area (Å²) in [5, 5.41) is 3.00. The highest BCUT2D eigenvalue weighted by atomic mass is 16.1. The van der Waals surface area contributed by atoms with Crippen LogP contribution in [0.1, 0.15) is 31.7 Å². The first kappa shape index (κ1) is 10.9. The molecule has 0 heterocycles. The maximum absolute atomic E-state index is 11.1. The van der Waals surface area contributed by atoms with Crippen molar-refractivity contribution >= 4 is 12.0 Å². The van der Waals surface area contributed by atoms with E-state index in [4.69, 9.17) is 0 Å². The number of hydrogen-bond donors (Lipinski definition) is 1. The topological polar surface area (TPSA) is 29.1 Å². The van der Waals surface area contributed by atoms with Crippen LogP contribution in [0.5, 0.6) is 0 Å². The van der Waals surface area contributed by atoms with E-state index in [0.717, 1.165) is 12.8 Å². The van der Waals surface area contributed by atoms with Crippen molar-refractivity contribution in [2.24, 2.45) is 0 Å². The van der Waals surface area contributed by atoms with E-state index in [9.17, 15) is 4.79 Å². The SMILES string of the molecule is CC(=O)N[C@@H]1CCC/C1=C/c1ccccc1. The van der Waals surface area contributed by atoms with Gasteiger partial charge < -0.3 is 5.32 Å². The lowest BCUT2D eigenvalue weighted by atomic mass is 10.1. The summed E-state index contributed by atoms with van der Waals surface area (Å²) in [6, 6.07) is 10.5. The van der Waals surface area contributed by atoms with Crippen molar-refractivity contribution in [1.82, 2.24) is 5.32 Å². The molecule has 1 atom stereocenters. The molecule has 0 aromatic heterocycles. The maximum Gasteiger partial charge on any atom is 0.217 e.